The molecule has 0 aliphatic heterocycles. The summed E-state index contributed by atoms with van der Waals surface area (Å²) in [5.41, 5.74) is 3.72. The molecule has 1 aromatic heterocycles. The summed E-state index contributed by atoms with van der Waals surface area (Å²) >= 11 is 0. The number of anilines is 1. The second-order valence-corrected chi connectivity index (χ2v) is 4.71. The van der Waals surface area contributed by atoms with Gasteiger partial charge in [-0.2, -0.15) is 0 Å². The van der Waals surface area contributed by atoms with Gasteiger partial charge in [0, 0.05) is 18.4 Å². The summed E-state index contributed by atoms with van der Waals surface area (Å²) in [4.78, 5) is 4.35. The van der Waals surface area contributed by atoms with Crippen LogP contribution in [-0.2, 0) is 0 Å². The lowest BCUT2D eigenvalue weighted by Gasteiger charge is -2.14. The Kier molecular flexibility index (Phi) is 3.18. The van der Waals surface area contributed by atoms with Crippen LogP contribution in [0, 0.1) is 13.8 Å². The topological polar surface area (TPSA) is 29.9 Å². The molecule has 0 saturated heterocycles. The first kappa shape index (κ1) is 11.7. The fourth-order valence-electron chi connectivity index (χ4n) is 1.94. The largest absolute Gasteiger partial charge is 0.353 e. The number of imidazole rings is 1. The molecular formula is C14H19N3. The van der Waals surface area contributed by atoms with E-state index >= 15 is 0 Å². The molecule has 0 unspecified atom stereocenters. The van der Waals surface area contributed by atoms with Gasteiger partial charge in [-0.3, -0.25) is 4.57 Å². The minimum absolute atomic E-state index is 0.377. The Morgan fingerprint density at radius 2 is 2.00 bits per heavy atom. The van der Waals surface area contributed by atoms with Gasteiger partial charge < -0.3 is 5.32 Å². The van der Waals surface area contributed by atoms with Gasteiger partial charge in [0.05, 0.1) is 5.69 Å². The summed E-state index contributed by atoms with van der Waals surface area (Å²) in [6, 6.07) is 6.83. The lowest BCUT2D eigenvalue weighted by Crippen LogP contribution is -2.14. The summed E-state index contributed by atoms with van der Waals surface area (Å²) in [5.74, 6) is 0.895. The first-order valence-corrected chi connectivity index (χ1v) is 5.95. The van der Waals surface area contributed by atoms with Crippen LogP contribution in [0.4, 0.5) is 5.95 Å². The van der Waals surface area contributed by atoms with E-state index in [0.717, 1.165) is 5.95 Å². The van der Waals surface area contributed by atoms with Crippen LogP contribution >= 0.6 is 0 Å². The average Bonchev–Trinajstić information content (AvgIpc) is 2.65. The summed E-state index contributed by atoms with van der Waals surface area (Å²) in [6.07, 6.45) is 3.81. The highest BCUT2D eigenvalue weighted by Crippen LogP contribution is 2.19. The van der Waals surface area contributed by atoms with Crippen molar-refractivity contribution in [3.8, 4) is 5.69 Å². The van der Waals surface area contributed by atoms with Crippen LogP contribution in [0.3, 0.4) is 0 Å². The zero-order chi connectivity index (χ0) is 12.4. The minimum atomic E-state index is 0.377. The van der Waals surface area contributed by atoms with E-state index < -0.39 is 0 Å². The third-order valence-electron chi connectivity index (χ3n) is 2.67. The highest BCUT2D eigenvalue weighted by atomic mass is 15.2. The molecule has 0 bridgehead atoms. The summed E-state index contributed by atoms with van der Waals surface area (Å²) in [7, 11) is 0. The van der Waals surface area contributed by atoms with Crippen molar-refractivity contribution in [1.82, 2.24) is 9.55 Å². The van der Waals surface area contributed by atoms with Gasteiger partial charge in [-0.1, -0.05) is 17.7 Å². The zero-order valence-electron chi connectivity index (χ0n) is 10.9. The molecule has 0 spiro atoms. The molecule has 0 saturated carbocycles. The van der Waals surface area contributed by atoms with Crippen molar-refractivity contribution in [3.63, 3.8) is 0 Å². The second-order valence-electron chi connectivity index (χ2n) is 4.71. The number of hydrogen-bond donors (Lipinski definition) is 1. The maximum atomic E-state index is 4.35. The van der Waals surface area contributed by atoms with Crippen molar-refractivity contribution in [2.24, 2.45) is 0 Å². The van der Waals surface area contributed by atoms with E-state index in [2.05, 4.69) is 60.8 Å². The molecule has 3 nitrogen and oxygen atoms in total. The van der Waals surface area contributed by atoms with Crippen molar-refractivity contribution < 1.29 is 0 Å². The van der Waals surface area contributed by atoms with Gasteiger partial charge in [-0.15, -0.1) is 0 Å². The quantitative estimate of drug-likeness (QED) is 0.875. The molecule has 0 aliphatic rings. The molecule has 2 rings (SSSR count). The molecular weight excluding hydrogens is 210 g/mol. The van der Waals surface area contributed by atoms with Crippen molar-refractivity contribution >= 4 is 5.95 Å². The molecule has 0 aliphatic carbocycles. The average molecular weight is 229 g/mol. The van der Waals surface area contributed by atoms with E-state index in [0.29, 0.717) is 6.04 Å². The molecule has 0 fully saturated rings. The predicted molar refractivity (Wildman–Crippen MR) is 71.8 cm³/mol. The van der Waals surface area contributed by atoms with Gasteiger partial charge >= 0.3 is 0 Å². The van der Waals surface area contributed by atoms with E-state index in [-0.39, 0.29) is 0 Å². The fraction of sp³-hybridized carbons (Fsp3) is 0.357. The van der Waals surface area contributed by atoms with Crippen molar-refractivity contribution in [2.45, 2.75) is 33.7 Å². The van der Waals surface area contributed by atoms with Gasteiger partial charge in [0.25, 0.3) is 0 Å². The maximum Gasteiger partial charge on any atom is 0.207 e. The molecule has 0 atom stereocenters. The number of aromatic nitrogens is 2. The van der Waals surface area contributed by atoms with Gasteiger partial charge in [0.15, 0.2) is 0 Å². The maximum absolute atomic E-state index is 4.35. The Balaban J connectivity index is 2.42. The Labute approximate surface area is 103 Å². The number of benzene rings is 1. The van der Waals surface area contributed by atoms with Crippen LogP contribution in [0.1, 0.15) is 25.0 Å². The normalized spacial score (nSPS) is 10.9. The van der Waals surface area contributed by atoms with Crippen LogP contribution in [0.15, 0.2) is 30.6 Å². The monoisotopic (exact) mass is 229 g/mol. The Morgan fingerprint density at radius 1 is 1.24 bits per heavy atom. The number of rotatable bonds is 3. The van der Waals surface area contributed by atoms with Crippen LogP contribution < -0.4 is 5.32 Å². The Hall–Kier alpha value is -1.77. The van der Waals surface area contributed by atoms with Gasteiger partial charge in [-0.25, -0.2) is 4.98 Å². The van der Waals surface area contributed by atoms with Crippen LogP contribution in [0.5, 0.6) is 0 Å². The van der Waals surface area contributed by atoms with Crippen LogP contribution in [0.2, 0.25) is 0 Å². The van der Waals surface area contributed by atoms with Crippen molar-refractivity contribution in [3.05, 3.63) is 41.7 Å². The first-order valence-electron chi connectivity index (χ1n) is 5.95. The van der Waals surface area contributed by atoms with E-state index in [1.54, 1.807) is 0 Å². The molecule has 0 amide bonds. The van der Waals surface area contributed by atoms with Gasteiger partial charge in [0.1, 0.15) is 0 Å². The predicted octanol–water partition coefficient (Wildman–Crippen LogP) is 3.31. The second kappa shape index (κ2) is 4.62. The third-order valence-corrected chi connectivity index (χ3v) is 2.67. The van der Waals surface area contributed by atoms with Crippen LogP contribution in [-0.4, -0.2) is 15.6 Å². The third kappa shape index (κ3) is 2.49. The van der Waals surface area contributed by atoms with E-state index in [1.807, 2.05) is 12.4 Å². The standard InChI is InChI=1S/C14H19N3/c1-10(2)16-14-15-7-8-17(14)13-6-5-11(3)9-12(13)4/h5-10H,1-4H3,(H,15,16). The smallest absolute Gasteiger partial charge is 0.207 e. The fourth-order valence-corrected chi connectivity index (χ4v) is 1.94. The molecule has 2 aromatic rings. The minimum Gasteiger partial charge on any atom is -0.353 e. The molecule has 1 aromatic carbocycles. The lowest BCUT2D eigenvalue weighted by atomic mass is 10.1. The molecule has 0 radical (unpaired) electrons. The van der Waals surface area contributed by atoms with E-state index in [1.165, 1.54) is 16.8 Å². The molecule has 17 heavy (non-hydrogen) atoms. The van der Waals surface area contributed by atoms with Crippen LogP contribution in [0.25, 0.3) is 5.69 Å². The van der Waals surface area contributed by atoms with Gasteiger partial charge in [0.2, 0.25) is 5.95 Å². The van der Waals surface area contributed by atoms with Gasteiger partial charge in [-0.05, 0) is 39.3 Å². The lowest BCUT2D eigenvalue weighted by molar-refractivity contribution is 0.863. The SMILES string of the molecule is Cc1ccc(-n2ccnc2NC(C)C)c(C)c1. The highest BCUT2D eigenvalue weighted by Gasteiger charge is 2.07. The first-order chi connectivity index (χ1) is 8.08. The molecule has 3 heteroatoms. The van der Waals surface area contributed by atoms with Crippen molar-refractivity contribution in [1.29, 1.82) is 0 Å². The highest BCUT2D eigenvalue weighted by molar-refractivity contribution is 5.48. The number of hydrogen-bond acceptors (Lipinski definition) is 2. The molecule has 1 N–H and O–H groups in total. The molecule has 1 heterocycles. The zero-order valence-corrected chi connectivity index (χ0v) is 10.9. The number of nitrogens with zero attached hydrogens (tertiary/aromatic N) is 2. The summed E-state index contributed by atoms with van der Waals surface area (Å²) in [6.45, 7) is 8.46. The summed E-state index contributed by atoms with van der Waals surface area (Å²) in [5, 5.41) is 3.35. The molecule has 90 valence electrons. The Bertz CT molecular complexity index is 512. The van der Waals surface area contributed by atoms with E-state index in [4.69, 9.17) is 0 Å². The number of nitrogens with one attached hydrogen (secondary N) is 1. The Morgan fingerprint density at radius 3 is 2.65 bits per heavy atom. The van der Waals surface area contributed by atoms with Crippen molar-refractivity contribution in [2.75, 3.05) is 5.32 Å². The number of aryl methyl sites for hydroxylation is 2. The van der Waals surface area contributed by atoms with E-state index in [9.17, 15) is 0 Å². The summed E-state index contributed by atoms with van der Waals surface area (Å²) < 4.78 is 2.09.